The van der Waals surface area contributed by atoms with E-state index in [1.807, 2.05) is 0 Å². The van der Waals surface area contributed by atoms with Crippen molar-refractivity contribution in [2.24, 2.45) is 5.92 Å². The maximum absolute atomic E-state index is 12.5. The number of amides is 2. The van der Waals surface area contributed by atoms with Crippen LogP contribution in [0.5, 0.6) is 0 Å². The molecule has 0 saturated carbocycles. The zero-order valence-corrected chi connectivity index (χ0v) is 13.3. The fraction of sp³-hybridized carbons (Fsp3) is 0.222. The molecule has 1 aromatic rings. The Hall–Kier alpha value is -3.38. The molecule has 0 spiro atoms. The fourth-order valence-electron chi connectivity index (χ4n) is 3.10. The molecule has 6 nitrogen and oxygen atoms in total. The van der Waals surface area contributed by atoms with Crippen molar-refractivity contribution in [1.29, 1.82) is 10.5 Å². The van der Waals surface area contributed by atoms with Gasteiger partial charge in [-0.25, -0.2) is 0 Å². The number of nitrogens with one attached hydrogen (secondary N) is 1. The molecule has 2 aliphatic rings. The number of hydrogen-bond acceptors (Lipinski definition) is 5. The van der Waals surface area contributed by atoms with Crippen molar-refractivity contribution in [2.45, 2.75) is 13.8 Å². The largest absolute Gasteiger partial charge is 0.359 e. The zero-order chi connectivity index (χ0) is 17.4. The Morgan fingerprint density at radius 2 is 1.62 bits per heavy atom. The van der Waals surface area contributed by atoms with Crippen molar-refractivity contribution in [3.8, 4) is 12.1 Å². The number of carbonyl (C=O) groups is 2. The number of rotatable bonds is 2. The van der Waals surface area contributed by atoms with Gasteiger partial charge in [0.15, 0.2) is 0 Å². The first-order chi connectivity index (χ1) is 11.5. The standard InChI is InChI=1S/C18H14N4O2/c1-10-14(7-19)11(2)21-16(15(10)8-20)9-22-17(23)12-5-3-4-6-13(12)18(22)24/h3-6,10,21H,9H2,1-2H3/t10-/m1/s1. The van der Waals surface area contributed by atoms with Gasteiger partial charge in [0, 0.05) is 17.3 Å². The molecule has 0 saturated heterocycles. The monoisotopic (exact) mass is 318 g/mol. The van der Waals surface area contributed by atoms with Gasteiger partial charge < -0.3 is 5.32 Å². The number of benzene rings is 1. The lowest BCUT2D eigenvalue weighted by Gasteiger charge is -2.27. The predicted molar refractivity (Wildman–Crippen MR) is 85.1 cm³/mol. The predicted octanol–water partition coefficient (Wildman–Crippen LogP) is 2.10. The summed E-state index contributed by atoms with van der Waals surface area (Å²) in [6, 6.07) is 10.8. The van der Waals surface area contributed by atoms with Crippen molar-refractivity contribution in [3.05, 3.63) is 57.9 Å². The average molecular weight is 318 g/mol. The number of hydrogen-bond donors (Lipinski definition) is 1. The smallest absolute Gasteiger partial charge is 0.261 e. The Labute approximate surface area is 139 Å². The van der Waals surface area contributed by atoms with Crippen molar-refractivity contribution >= 4 is 11.8 Å². The van der Waals surface area contributed by atoms with Crippen LogP contribution in [0.15, 0.2) is 46.8 Å². The molecule has 2 heterocycles. The topological polar surface area (TPSA) is 97.0 Å². The summed E-state index contributed by atoms with van der Waals surface area (Å²) in [5, 5.41) is 21.7. The highest BCUT2D eigenvalue weighted by molar-refractivity contribution is 6.21. The molecule has 0 fully saturated rings. The molecule has 118 valence electrons. The summed E-state index contributed by atoms with van der Waals surface area (Å²) in [7, 11) is 0. The number of allylic oxidation sites excluding steroid dienone is 3. The van der Waals surface area contributed by atoms with Gasteiger partial charge in [0.25, 0.3) is 11.8 Å². The van der Waals surface area contributed by atoms with Gasteiger partial charge in [-0.3, -0.25) is 14.5 Å². The number of imide groups is 1. The second-order valence-electron chi connectivity index (χ2n) is 5.74. The van der Waals surface area contributed by atoms with Gasteiger partial charge in [-0.05, 0) is 19.1 Å². The minimum absolute atomic E-state index is 0.0182. The van der Waals surface area contributed by atoms with E-state index >= 15 is 0 Å². The zero-order valence-electron chi connectivity index (χ0n) is 13.3. The Morgan fingerprint density at radius 3 is 2.12 bits per heavy atom. The quantitative estimate of drug-likeness (QED) is 0.842. The third-order valence-corrected chi connectivity index (χ3v) is 4.37. The van der Waals surface area contributed by atoms with Gasteiger partial charge in [0.1, 0.15) is 0 Å². The third-order valence-electron chi connectivity index (χ3n) is 4.37. The Kier molecular flexibility index (Phi) is 3.67. The van der Waals surface area contributed by atoms with E-state index in [-0.39, 0.29) is 24.3 Å². The van der Waals surface area contributed by atoms with Gasteiger partial charge >= 0.3 is 0 Å². The number of carbonyl (C=O) groups excluding carboxylic acids is 2. The number of nitriles is 2. The molecule has 3 rings (SSSR count). The normalized spacial score (nSPS) is 19.8. The molecule has 1 N–H and O–H groups in total. The second-order valence-corrected chi connectivity index (χ2v) is 5.74. The molecule has 0 aliphatic carbocycles. The van der Waals surface area contributed by atoms with Crippen molar-refractivity contribution in [2.75, 3.05) is 6.54 Å². The van der Waals surface area contributed by atoms with E-state index < -0.39 is 0 Å². The van der Waals surface area contributed by atoms with Crippen molar-refractivity contribution in [3.63, 3.8) is 0 Å². The van der Waals surface area contributed by atoms with Crippen LogP contribution < -0.4 is 5.32 Å². The molecule has 0 bridgehead atoms. The molecule has 24 heavy (non-hydrogen) atoms. The summed E-state index contributed by atoms with van der Waals surface area (Å²) in [5.41, 5.74) is 2.71. The van der Waals surface area contributed by atoms with Crippen LogP contribution >= 0.6 is 0 Å². The Balaban J connectivity index is 1.95. The van der Waals surface area contributed by atoms with E-state index in [9.17, 15) is 20.1 Å². The van der Waals surface area contributed by atoms with Gasteiger partial charge in [-0.15, -0.1) is 0 Å². The minimum Gasteiger partial charge on any atom is -0.359 e. The average Bonchev–Trinajstić information content (AvgIpc) is 2.81. The lowest BCUT2D eigenvalue weighted by atomic mass is 9.88. The second kappa shape index (κ2) is 5.68. The molecule has 2 aliphatic heterocycles. The summed E-state index contributed by atoms with van der Waals surface area (Å²) in [5.74, 6) is -1.11. The summed E-state index contributed by atoms with van der Waals surface area (Å²) in [4.78, 5) is 26.1. The van der Waals surface area contributed by atoms with Crippen molar-refractivity contribution < 1.29 is 9.59 Å². The molecule has 2 amide bonds. The lowest BCUT2D eigenvalue weighted by molar-refractivity contribution is 0.0665. The number of nitrogens with zero attached hydrogens (tertiary/aromatic N) is 3. The number of dihydropyridines is 1. The summed E-state index contributed by atoms with van der Waals surface area (Å²) < 4.78 is 0. The van der Waals surface area contributed by atoms with Crippen LogP contribution in [0, 0.1) is 28.6 Å². The summed E-state index contributed by atoms with van der Waals surface area (Å²) in [6.45, 7) is 3.49. The highest BCUT2D eigenvalue weighted by Crippen LogP contribution is 2.30. The van der Waals surface area contributed by atoms with E-state index in [2.05, 4.69) is 17.5 Å². The van der Waals surface area contributed by atoms with Crippen LogP contribution in [0.3, 0.4) is 0 Å². The molecule has 1 aromatic carbocycles. The van der Waals surface area contributed by atoms with Crippen molar-refractivity contribution in [1.82, 2.24) is 10.2 Å². The van der Waals surface area contributed by atoms with E-state index in [1.54, 1.807) is 38.1 Å². The van der Waals surface area contributed by atoms with Crippen LogP contribution in [-0.4, -0.2) is 23.3 Å². The molecule has 0 radical (unpaired) electrons. The van der Waals surface area contributed by atoms with E-state index in [0.717, 1.165) is 4.90 Å². The number of fused-ring (bicyclic) bond motifs is 1. The molecular weight excluding hydrogens is 304 g/mol. The first-order valence-electron chi connectivity index (χ1n) is 7.45. The SMILES string of the molecule is CC1=C(C#N)[C@@H](C)C(C#N)=C(CN2C(=O)c3ccccc3C2=O)N1. The summed E-state index contributed by atoms with van der Waals surface area (Å²) >= 11 is 0. The van der Waals surface area contributed by atoms with Gasteiger partial charge in [-0.1, -0.05) is 19.1 Å². The molecule has 0 unspecified atom stereocenters. The van der Waals surface area contributed by atoms with Gasteiger partial charge in [-0.2, -0.15) is 10.5 Å². The van der Waals surface area contributed by atoms with Crippen LogP contribution in [0.1, 0.15) is 34.6 Å². The van der Waals surface area contributed by atoms with Gasteiger partial charge in [0.05, 0.1) is 41.0 Å². The highest BCUT2D eigenvalue weighted by Gasteiger charge is 2.37. The minimum atomic E-state index is -0.373. The van der Waals surface area contributed by atoms with Crippen LogP contribution in [0.2, 0.25) is 0 Å². The molecule has 6 heteroatoms. The maximum atomic E-state index is 12.5. The summed E-state index contributed by atoms with van der Waals surface area (Å²) in [6.07, 6.45) is 0. The third kappa shape index (κ3) is 2.17. The van der Waals surface area contributed by atoms with Crippen LogP contribution in [0.25, 0.3) is 0 Å². The molecular formula is C18H14N4O2. The van der Waals surface area contributed by atoms with E-state index in [1.165, 1.54) is 0 Å². The van der Waals surface area contributed by atoms with Crippen LogP contribution in [0.4, 0.5) is 0 Å². The first-order valence-corrected chi connectivity index (χ1v) is 7.45. The first kappa shape index (κ1) is 15.5. The van der Waals surface area contributed by atoms with Crippen LogP contribution in [-0.2, 0) is 0 Å². The van der Waals surface area contributed by atoms with Gasteiger partial charge in [0.2, 0.25) is 0 Å². The Bertz CT molecular complexity index is 877. The fourth-order valence-corrected chi connectivity index (χ4v) is 3.10. The van der Waals surface area contributed by atoms with E-state index in [4.69, 9.17) is 0 Å². The van der Waals surface area contributed by atoms with E-state index in [0.29, 0.717) is 33.7 Å². The maximum Gasteiger partial charge on any atom is 0.261 e. The Morgan fingerprint density at radius 1 is 1.08 bits per heavy atom. The highest BCUT2D eigenvalue weighted by atomic mass is 16.2. The lowest BCUT2D eigenvalue weighted by Crippen LogP contribution is -2.37. The molecule has 0 aromatic heterocycles. The molecule has 1 atom stereocenters.